The Balaban J connectivity index is 1.58. The van der Waals surface area contributed by atoms with E-state index >= 15 is 0 Å². The third-order valence-electron chi connectivity index (χ3n) is 5.57. The molecule has 27 heavy (non-hydrogen) atoms. The molecule has 1 unspecified atom stereocenters. The lowest BCUT2D eigenvalue weighted by Crippen LogP contribution is -2.49. The van der Waals surface area contributed by atoms with Crippen LogP contribution in [0.2, 0.25) is 10.0 Å². The number of nitrogens with two attached hydrogens (primary N) is 1. The molecule has 4 rings (SSSR count). The Labute approximate surface area is 169 Å². The lowest BCUT2D eigenvalue weighted by atomic mass is 10.0. The van der Waals surface area contributed by atoms with E-state index in [4.69, 9.17) is 33.7 Å². The molecule has 6 heteroatoms. The van der Waals surface area contributed by atoms with Gasteiger partial charge in [-0.2, -0.15) is 0 Å². The summed E-state index contributed by atoms with van der Waals surface area (Å²) >= 11 is 12.4. The number of hydrogen-bond acceptors (Lipinski definition) is 3. The Hall–Kier alpha value is -1.17. The number of hydrogen-bond donors (Lipinski definition) is 1. The summed E-state index contributed by atoms with van der Waals surface area (Å²) in [6, 6.07) is 10.7. The van der Waals surface area contributed by atoms with Gasteiger partial charge < -0.3 is 10.5 Å². The first kappa shape index (κ1) is 19.2. The van der Waals surface area contributed by atoms with E-state index < -0.39 is 0 Å². The summed E-state index contributed by atoms with van der Waals surface area (Å²) in [6.45, 7) is 2.15. The van der Waals surface area contributed by atoms with Gasteiger partial charge in [0, 0.05) is 28.7 Å². The SMILES string of the molecule is N[C@@H]1CCCN(C2Cc3cc(Cl)ccc3[C@H]2OCc2cc(F)ccc2Cl)C1. The number of ether oxygens (including phenoxy) is 1. The van der Waals surface area contributed by atoms with Gasteiger partial charge in [0.15, 0.2) is 0 Å². The Morgan fingerprint density at radius 3 is 2.85 bits per heavy atom. The largest absolute Gasteiger partial charge is 0.367 e. The Kier molecular flexibility index (Phi) is 5.72. The maximum Gasteiger partial charge on any atom is 0.123 e. The van der Waals surface area contributed by atoms with Crippen LogP contribution in [0.5, 0.6) is 0 Å². The second kappa shape index (κ2) is 8.06. The van der Waals surface area contributed by atoms with Crippen LogP contribution < -0.4 is 5.73 Å². The summed E-state index contributed by atoms with van der Waals surface area (Å²) < 4.78 is 19.9. The maximum absolute atomic E-state index is 13.6. The number of halogens is 3. The highest BCUT2D eigenvalue weighted by atomic mass is 35.5. The van der Waals surface area contributed by atoms with Crippen LogP contribution >= 0.6 is 23.2 Å². The highest BCUT2D eigenvalue weighted by Gasteiger charge is 2.38. The van der Waals surface area contributed by atoms with E-state index in [0.29, 0.717) is 10.6 Å². The predicted molar refractivity (Wildman–Crippen MR) is 107 cm³/mol. The molecule has 0 aromatic heterocycles. The van der Waals surface area contributed by atoms with E-state index in [0.717, 1.165) is 42.9 Å². The number of likely N-dealkylation sites (tertiary alicyclic amines) is 1. The molecule has 3 atom stereocenters. The number of benzene rings is 2. The molecule has 1 aliphatic carbocycles. The number of piperidine rings is 1. The van der Waals surface area contributed by atoms with E-state index in [9.17, 15) is 4.39 Å². The van der Waals surface area contributed by atoms with E-state index in [1.54, 1.807) is 6.07 Å². The zero-order chi connectivity index (χ0) is 19.0. The lowest BCUT2D eigenvalue weighted by molar-refractivity contribution is -0.0237. The lowest BCUT2D eigenvalue weighted by Gasteiger charge is -2.38. The average Bonchev–Trinajstić information content (AvgIpc) is 3.00. The van der Waals surface area contributed by atoms with E-state index in [1.165, 1.54) is 17.7 Å². The molecule has 2 N–H and O–H groups in total. The fraction of sp³-hybridized carbons (Fsp3) is 0.429. The third-order valence-corrected chi connectivity index (χ3v) is 6.18. The molecule has 1 heterocycles. The van der Waals surface area contributed by atoms with Crippen molar-refractivity contribution in [3.63, 3.8) is 0 Å². The van der Waals surface area contributed by atoms with Crippen LogP contribution in [-0.4, -0.2) is 30.1 Å². The first-order valence-electron chi connectivity index (χ1n) is 9.35. The molecule has 0 amide bonds. The molecule has 0 radical (unpaired) electrons. The minimum atomic E-state index is -0.310. The zero-order valence-electron chi connectivity index (χ0n) is 15.0. The molecular formula is C21H23Cl2FN2O. The fourth-order valence-corrected chi connectivity index (χ4v) is 4.63. The smallest absolute Gasteiger partial charge is 0.123 e. The minimum Gasteiger partial charge on any atom is -0.367 e. The van der Waals surface area contributed by atoms with Crippen molar-refractivity contribution in [2.75, 3.05) is 13.1 Å². The molecule has 1 saturated heterocycles. The zero-order valence-corrected chi connectivity index (χ0v) is 16.5. The summed E-state index contributed by atoms with van der Waals surface area (Å²) in [5, 5.41) is 1.25. The van der Waals surface area contributed by atoms with Crippen LogP contribution in [0.25, 0.3) is 0 Å². The monoisotopic (exact) mass is 408 g/mol. The van der Waals surface area contributed by atoms with Crippen molar-refractivity contribution < 1.29 is 9.13 Å². The third kappa shape index (κ3) is 4.15. The standard InChI is InChI=1S/C21H23Cl2FN2O/c22-15-3-5-18-13(8-15)10-20(26-7-1-2-17(25)11-26)21(18)27-12-14-9-16(24)4-6-19(14)23/h3-6,8-9,17,20-21H,1-2,7,10-12,25H2/t17-,20?,21-/m1/s1. The molecule has 2 aliphatic rings. The highest BCUT2D eigenvalue weighted by Crippen LogP contribution is 2.40. The topological polar surface area (TPSA) is 38.5 Å². The van der Waals surface area contributed by atoms with E-state index in [-0.39, 0.29) is 30.6 Å². The van der Waals surface area contributed by atoms with E-state index in [2.05, 4.69) is 4.90 Å². The first-order chi connectivity index (χ1) is 13.0. The molecule has 0 spiro atoms. The van der Waals surface area contributed by atoms with Crippen LogP contribution in [-0.2, 0) is 17.8 Å². The van der Waals surface area contributed by atoms with Gasteiger partial charge in [-0.25, -0.2) is 4.39 Å². The summed E-state index contributed by atoms with van der Waals surface area (Å²) in [6.07, 6.45) is 2.93. The van der Waals surface area contributed by atoms with Gasteiger partial charge >= 0.3 is 0 Å². The maximum atomic E-state index is 13.6. The molecule has 0 saturated carbocycles. The molecule has 1 aliphatic heterocycles. The summed E-state index contributed by atoms with van der Waals surface area (Å²) in [5.41, 5.74) is 9.23. The second-order valence-corrected chi connectivity index (χ2v) is 8.32. The van der Waals surface area contributed by atoms with Crippen LogP contribution in [0.4, 0.5) is 4.39 Å². The van der Waals surface area contributed by atoms with Crippen molar-refractivity contribution in [1.82, 2.24) is 4.90 Å². The predicted octanol–water partition coefficient (Wildman–Crippen LogP) is 4.74. The Morgan fingerprint density at radius 1 is 1.19 bits per heavy atom. The van der Waals surface area contributed by atoms with Crippen molar-refractivity contribution in [2.45, 2.75) is 44.1 Å². The van der Waals surface area contributed by atoms with Gasteiger partial charge in [-0.1, -0.05) is 29.3 Å². The van der Waals surface area contributed by atoms with Gasteiger partial charge in [-0.05, 0) is 72.8 Å². The second-order valence-electron chi connectivity index (χ2n) is 7.48. The number of fused-ring (bicyclic) bond motifs is 1. The Bertz CT molecular complexity index is 832. The van der Waals surface area contributed by atoms with Crippen molar-refractivity contribution in [1.29, 1.82) is 0 Å². The van der Waals surface area contributed by atoms with Gasteiger partial charge in [0.1, 0.15) is 5.82 Å². The molecule has 3 nitrogen and oxygen atoms in total. The quantitative estimate of drug-likeness (QED) is 0.793. The molecule has 144 valence electrons. The van der Waals surface area contributed by atoms with Gasteiger partial charge in [0.25, 0.3) is 0 Å². The number of rotatable bonds is 4. The van der Waals surface area contributed by atoms with Crippen molar-refractivity contribution >= 4 is 23.2 Å². The van der Waals surface area contributed by atoms with E-state index in [1.807, 2.05) is 18.2 Å². The molecular weight excluding hydrogens is 386 g/mol. The van der Waals surface area contributed by atoms with Crippen molar-refractivity contribution in [3.8, 4) is 0 Å². The van der Waals surface area contributed by atoms with Gasteiger partial charge in [-0.3, -0.25) is 4.90 Å². The van der Waals surface area contributed by atoms with Crippen LogP contribution in [0.3, 0.4) is 0 Å². The minimum absolute atomic E-state index is 0.109. The number of nitrogens with zero attached hydrogens (tertiary/aromatic N) is 1. The average molecular weight is 409 g/mol. The molecule has 2 aromatic carbocycles. The molecule has 2 aromatic rings. The first-order valence-corrected chi connectivity index (χ1v) is 10.1. The van der Waals surface area contributed by atoms with Crippen LogP contribution in [0.1, 0.15) is 35.6 Å². The summed E-state index contributed by atoms with van der Waals surface area (Å²) in [5.74, 6) is -0.310. The van der Waals surface area contributed by atoms with Gasteiger partial charge in [0.2, 0.25) is 0 Å². The molecule has 1 fully saturated rings. The van der Waals surface area contributed by atoms with Crippen LogP contribution in [0.15, 0.2) is 36.4 Å². The van der Waals surface area contributed by atoms with Crippen LogP contribution in [0, 0.1) is 5.82 Å². The molecule has 0 bridgehead atoms. The normalized spacial score (nSPS) is 25.6. The summed E-state index contributed by atoms with van der Waals surface area (Å²) in [7, 11) is 0. The summed E-state index contributed by atoms with van der Waals surface area (Å²) in [4.78, 5) is 2.43. The Morgan fingerprint density at radius 2 is 2.04 bits per heavy atom. The van der Waals surface area contributed by atoms with Gasteiger partial charge in [0.05, 0.1) is 12.7 Å². The highest BCUT2D eigenvalue weighted by molar-refractivity contribution is 6.31. The fourth-order valence-electron chi connectivity index (χ4n) is 4.26. The van der Waals surface area contributed by atoms with Crippen molar-refractivity contribution in [3.05, 3.63) is 69.0 Å². The van der Waals surface area contributed by atoms with Gasteiger partial charge in [-0.15, -0.1) is 0 Å². The van der Waals surface area contributed by atoms with Crippen molar-refractivity contribution in [2.24, 2.45) is 5.73 Å².